The van der Waals surface area contributed by atoms with Crippen LogP contribution in [0.1, 0.15) is 15.2 Å². The predicted octanol–water partition coefficient (Wildman–Crippen LogP) is 3.97. The molecular formula is C12H10ClNO2S2. The first-order chi connectivity index (χ1) is 8.58. The molecule has 0 aliphatic heterocycles. The van der Waals surface area contributed by atoms with Crippen molar-refractivity contribution in [2.24, 2.45) is 0 Å². The van der Waals surface area contributed by atoms with Gasteiger partial charge in [-0.2, -0.15) is 0 Å². The highest BCUT2D eigenvalue weighted by Gasteiger charge is 2.12. The lowest BCUT2D eigenvalue weighted by molar-refractivity contribution is 0.0701. The van der Waals surface area contributed by atoms with Crippen molar-refractivity contribution in [2.75, 3.05) is 5.73 Å². The number of nitrogens with two attached hydrogens (primary N) is 1. The molecule has 0 atom stereocenters. The number of aromatic carboxylic acids is 1. The summed E-state index contributed by atoms with van der Waals surface area (Å²) in [7, 11) is 0. The van der Waals surface area contributed by atoms with E-state index < -0.39 is 5.97 Å². The SMILES string of the molecule is Nc1ccc(Cl)c(SCc2ccsc2C(=O)O)c1. The van der Waals surface area contributed by atoms with Gasteiger partial charge in [0.15, 0.2) is 0 Å². The van der Waals surface area contributed by atoms with E-state index in [4.69, 9.17) is 22.4 Å². The van der Waals surface area contributed by atoms with E-state index in [0.717, 1.165) is 10.5 Å². The number of carboxylic acid groups (broad SMARTS) is 1. The predicted molar refractivity (Wildman–Crippen MR) is 76.7 cm³/mol. The minimum absolute atomic E-state index is 0.377. The molecule has 1 aromatic carbocycles. The first-order valence-electron chi connectivity index (χ1n) is 5.05. The molecule has 0 aliphatic carbocycles. The van der Waals surface area contributed by atoms with Crippen LogP contribution in [-0.4, -0.2) is 11.1 Å². The Balaban J connectivity index is 2.14. The molecule has 3 N–H and O–H groups in total. The molecule has 18 heavy (non-hydrogen) atoms. The van der Waals surface area contributed by atoms with Gasteiger partial charge in [0.25, 0.3) is 0 Å². The second kappa shape index (κ2) is 5.65. The highest BCUT2D eigenvalue weighted by Crippen LogP contribution is 2.33. The van der Waals surface area contributed by atoms with Gasteiger partial charge in [0.1, 0.15) is 4.88 Å². The zero-order valence-electron chi connectivity index (χ0n) is 9.22. The van der Waals surface area contributed by atoms with Crippen molar-refractivity contribution >= 4 is 46.4 Å². The Morgan fingerprint density at radius 1 is 1.44 bits per heavy atom. The summed E-state index contributed by atoms with van der Waals surface area (Å²) in [5.41, 5.74) is 7.14. The molecule has 0 aliphatic rings. The monoisotopic (exact) mass is 299 g/mol. The van der Waals surface area contributed by atoms with E-state index in [9.17, 15) is 4.79 Å². The molecule has 2 rings (SSSR count). The highest BCUT2D eigenvalue weighted by atomic mass is 35.5. The van der Waals surface area contributed by atoms with Crippen LogP contribution in [0, 0.1) is 0 Å². The number of halogens is 1. The Hall–Kier alpha value is -1.17. The van der Waals surface area contributed by atoms with Gasteiger partial charge in [-0.1, -0.05) is 11.6 Å². The molecule has 0 bridgehead atoms. The van der Waals surface area contributed by atoms with Crippen molar-refractivity contribution in [2.45, 2.75) is 10.6 Å². The van der Waals surface area contributed by atoms with Crippen LogP contribution in [0.4, 0.5) is 5.69 Å². The number of hydrogen-bond acceptors (Lipinski definition) is 4. The van der Waals surface area contributed by atoms with Crippen LogP contribution in [0.15, 0.2) is 34.5 Å². The standard InChI is InChI=1S/C12H10ClNO2S2/c13-9-2-1-8(14)5-10(9)18-6-7-3-4-17-11(7)12(15)16/h1-5H,6,14H2,(H,15,16). The van der Waals surface area contributed by atoms with Gasteiger partial charge < -0.3 is 10.8 Å². The van der Waals surface area contributed by atoms with Crippen molar-refractivity contribution < 1.29 is 9.90 Å². The molecule has 0 unspecified atom stereocenters. The Labute approximate surface area is 118 Å². The molecule has 0 radical (unpaired) electrons. The fraction of sp³-hybridized carbons (Fsp3) is 0.0833. The fourth-order valence-corrected chi connectivity index (χ4v) is 3.53. The van der Waals surface area contributed by atoms with Crippen molar-refractivity contribution in [3.63, 3.8) is 0 Å². The Kier molecular flexibility index (Phi) is 4.16. The maximum Gasteiger partial charge on any atom is 0.346 e. The topological polar surface area (TPSA) is 63.3 Å². The first-order valence-corrected chi connectivity index (χ1v) is 7.29. The molecule has 0 amide bonds. The van der Waals surface area contributed by atoms with Crippen molar-refractivity contribution in [1.82, 2.24) is 0 Å². The van der Waals surface area contributed by atoms with Crippen molar-refractivity contribution in [1.29, 1.82) is 0 Å². The number of anilines is 1. The maximum absolute atomic E-state index is 11.0. The summed E-state index contributed by atoms with van der Waals surface area (Å²) < 4.78 is 0. The van der Waals surface area contributed by atoms with Crippen LogP contribution < -0.4 is 5.73 Å². The summed E-state index contributed by atoms with van der Waals surface area (Å²) >= 11 is 8.76. The molecule has 6 heteroatoms. The van der Waals surface area contributed by atoms with E-state index in [1.165, 1.54) is 23.1 Å². The number of thioether (sulfide) groups is 1. The van der Waals surface area contributed by atoms with Crippen molar-refractivity contribution in [3.8, 4) is 0 Å². The van der Waals surface area contributed by atoms with Crippen LogP contribution in [0.2, 0.25) is 5.02 Å². The van der Waals surface area contributed by atoms with Gasteiger partial charge in [-0.3, -0.25) is 0 Å². The molecule has 0 spiro atoms. The smallest absolute Gasteiger partial charge is 0.346 e. The summed E-state index contributed by atoms with van der Waals surface area (Å²) in [4.78, 5) is 12.2. The molecule has 0 saturated carbocycles. The Morgan fingerprint density at radius 2 is 2.22 bits per heavy atom. The van der Waals surface area contributed by atoms with Crippen LogP contribution in [0.5, 0.6) is 0 Å². The number of carbonyl (C=O) groups is 1. The Bertz CT molecular complexity index is 583. The van der Waals surface area contributed by atoms with E-state index in [1.54, 1.807) is 23.6 Å². The minimum atomic E-state index is -0.890. The van der Waals surface area contributed by atoms with Crippen LogP contribution in [-0.2, 0) is 5.75 Å². The van der Waals surface area contributed by atoms with Gasteiger partial charge in [0, 0.05) is 16.3 Å². The van der Waals surface area contributed by atoms with E-state index in [0.29, 0.717) is 21.3 Å². The number of hydrogen-bond donors (Lipinski definition) is 2. The molecule has 3 nitrogen and oxygen atoms in total. The third kappa shape index (κ3) is 2.98. The van der Waals surface area contributed by atoms with Crippen LogP contribution in [0.25, 0.3) is 0 Å². The fourth-order valence-electron chi connectivity index (χ4n) is 1.42. The first kappa shape index (κ1) is 13.3. The van der Waals surface area contributed by atoms with Gasteiger partial charge in [0.05, 0.1) is 5.02 Å². The molecule has 1 heterocycles. The third-order valence-corrected chi connectivity index (χ3v) is 4.77. The summed E-state index contributed by atoms with van der Waals surface area (Å²) in [6.45, 7) is 0. The van der Waals surface area contributed by atoms with E-state index >= 15 is 0 Å². The number of carboxylic acids is 1. The third-order valence-electron chi connectivity index (χ3n) is 2.28. The number of rotatable bonds is 4. The lowest BCUT2D eigenvalue weighted by Crippen LogP contribution is -1.96. The molecule has 1 aromatic heterocycles. The lowest BCUT2D eigenvalue weighted by Gasteiger charge is -2.05. The van der Waals surface area contributed by atoms with Gasteiger partial charge >= 0.3 is 5.97 Å². The lowest BCUT2D eigenvalue weighted by atomic mass is 10.3. The van der Waals surface area contributed by atoms with E-state index in [-0.39, 0.29) is 0 Å². The van der Waals surface area contributed by atoms with Gasteiger partial charge in [-0.05, 0) is 35.2 Å². The zero-order chi connectivity index (χ0) is 13.1. The number of thiophene rings is 1. The number of nitrogen functional groups attached to an aromatic ring is 1. The summed E-state index contributed by atoms with van der Waals surface area (Å²) in [5, 5.41) is 11.4. The molecule has 94 valence electrons. The molecular weight excluding hydrogens is 290 g/mol. The summed E-state index contributed by atoms with van der Waals surface area (Å²) in [6, 6.07) is 7.09. The van der Waals surface area contributed by atoms with Gasteiger partial charge in [0.2, 0.25) is 0 Å². The van der Waals surface area contributed by atoms with Crippen molar-refractivity contribution in [3.05, 3.63) is 45.1 Å². The van der Waals surface area contributed by atoms with Gasteiger partial charge in [-0.25, -0.2) is 4.79 Å². The molecule has 2 aromatic rings. The molecule has 0 fully saturated rings. The van der Waals surface area contributed by atoms with E-state index in [2.05, 4.69) is 0 Å². The Morgan fingerprint density at radius 3 is 2.94 bits per heavy atom. The average Bonchev–Trinajstić information content (AvgIpc) is 2.79. The quantitative estimate of drug-likeness (QED) is 0.662. The van der Waals surface area contributed by atoms with Crippen LogP contribution >= 0.6 is 34.7 Å². The minimum Gasteiger partial charge on any atom is -0.477 e. The molecule has 0 saturated heterocycles. The summed E-state index contributed by atoms with van der Waals surface area (Å²) in [5.74, 6) is -0.326. The normalized spacial score (nSPS) is 10.5. The highest BCUT2D eigenvalue weighted by molar-refractivity contribution is 7.98. The number of benzene rings is 1. The second-order valence-electron chi connectivity index (χ2n) is 3.56. The maximum atomic E-state index is 11.0. The van der Waals surface area contributed by atoms with Crippen LogP contribution in [0.3, 0.4) is 0 Å². The largest absolute Gasteiger partial charge is 0.477 e. The summed E-state index contributed by atoms with van der Waals surface area (Å²) in [6.07, 6.45) is 0. The zero-order valence-corrected chi connectivity index (χ0v) is 11.6. The second-order valence-corrected chi connectivity index (χ2v) is 5.90. The van der Waals surface area contributed by atoms with Gasteiger partial charge in [-0.15, -0.1) is 23.1 Å². The van der Waals surface area contributed by atoms with E-state index in [1.807, 2.05) is 6.07 Å². The average molecular weight is 300 g/mol.